The zero-order valence-electron chi connectivity index (χ0n) is 13.6. The van der Waals surface area contributed by atoms with Gasteiger partial charge < -0.3 is 10.2 Å². The second kappa shape index (κ2) is 6.99. The number of nitrogens with zero attached hydrogens (tertiary/aromatic N) is 1. The number of benzene rings is 2. The molecule has 1 N–H and O–H groups in total. The van der Waals surface area contributed by atoms with Gasteiger partial charge in [-0.15, -0.1) is 0 Å². The average Bonchev–Trinajstić information content (AvgIpc) is 2.86. The lowest BCUT2D eigenvalue weighted by Gasteiger charge is -2.17. The van der Waals surface area contributed by atoms with Crippen molar-refractivity contribution >= 4 is 29.1 Å². The van der Waals surface area contributed by atoms with Gasteiger partial charge in [-0.3, -0.25) is 9.59 Å². The lowest BCUT2D eigenvalue weighted by Crippen LogP contribution is -2.33. The zero-order valence-corrected chi connectivity index (χ0v) is 14.4. The van der Waals surface area contributed by atoms with Crippen LogP contribution in [0.5, 0.6) is 0 Å². The molecule has 2 aromatic carbocycles. The van der Waals surface area contributed by atoms with Gasteiger partial charge in [0.05, 0.1) is 5.69 Å². The number of anilines is 1. The Hall–Kier alpha value is -2.54. The van der Waals surface area contributed by atoms with E-state index < -0.39 is 41.1 Å². The first-order chi connectivity index (χ1) is 12.3. The van der Waals surface area contributed by atoms with Crippen LogP contribution in [0.25, 0.3) is 0 Å². The normalized spacial score (nSPS) is 19.7. The number of carbonyl (C=O) groups excluding carboxylic acids is 2. The first-order valence-corrected chi connectivity index (χ1v) is 8.11. The number of hydrogen-bond donors (Lipinski definition) is 1. The summed E-state index contributed by atoms with van der Waals surface area (Å²) in [5, 5.41) is 2.38. The van der Waals surface area contributed by atoms with E-state index in [9.17, 15) is 22.8 Å². The SMILES string of the molecule is CN1C[C@H](c2cc(F)cc(Cl)c2)[C@@H](C(=O)Nc2cccc(F)c2F)C1=O. The Kier molecular flexibility index (Phi) is 4.91. The fourth-order valence-corrected chi connectivity index (χ4v) is 3.32. The van der Waals surface area contributed by atoms with Crippen LogP contribution in [0.4, 0.5) is 18.9 Å². The van der Waals surface area contributed by atoms with Crippen LogP contribution in [0, 0.1) is 23.4 Å². The summed E-state index contributed by atoms with van der Waals surface area (Å²) < 4.78 is 40.8. The van der Waals surface area contributed by atoms with Gasteiger partial charge in [0.1, 0.15) is 11.7 Å². The van der Waals surface area contributed by atoms with E-state index in [1.54, 1.807) is 0 Å². The van der Waals surface area contributed by atoms with Gasteiger partial charge >= 0.3 is 0 Å². The quantitative estimate of drug-likeness (QED) is 0.825. The lowest BCUT2D eigenvalue weighted by molar-refractivity contribution is -0.135. The third-order valence-corrected chi connectivity index (χ3v) is 4.54. The molecule has 0 unspecified atom stereocenters. The van der Waals surface area contributed by atoms with E-state index in [2.05, 4.69) is 5.32 Å². The summed E-state index contributed by atoms with van der Waals surface area (Å²) in [4.78, 5) is 26.4. The first-order valence-electron chi connectivity index (χ1n) is 7.73. The maximum atomic E-state index is 13.8. The van der Waals surface area contributed by atoms with Crippen LogP contribution < -0.4 is 5.32 Å². The van der Waals surface area contributed by atoms with E-state index in [1.807, 2.05) is 0 Å². The molecule has 1 saturated heterocycles. The molecule has 8 heteroatoms. The van der Waals surface area contributed by atoms with Crippen LogP contribution in [0.3, 0.4) is 0 Å². The molecule has 136 valence electrons. The molecule has 2 amide bonds. The zero-order chi connectivity index (χ0) is 19.0. The van der Waals surface area contributed by atoms with Gasteiger partial charge in [0.15, 0.2) is 11.6 Å². The summed E-state index contributed by atoms with van der Waals surface area (Å²) in [6, 6.07) is 7.13. The van der Waals surface area contributed by atoms with Gasteiger partial charge in [-0.1, -0.05) is 17.7 Å². The van der Waals surface area contributed by atoms with Crippen molar-refractivity contribution in [2.75, 3.05) is 18.9 Å². The van der Waals surface area contributed by atoms with Crippen LogP contribution in [-0.2, 0) is 9.59 Å². The molecule has 1 heterocycles. The van der Waals surface area contributed by atoms with Gasteiger partial charge in [-0.2, -0.15) is 0 Å². The van der Waals surface area contributed by atoms with Gasteiger partial charge in [-0.05, 0) is 35.9 Å². The smallest absolute Gasteiger partial charge is 0.237 e. The Morgan fingerprint density at radius 1 is 1.23 bits per heavy atom. The molecule has 0 spiro atoms. The number of amides is 2. The van der Waals surface area contributed by atoms with E-state index in [-0.39, 0.29) is 17.3 Å². The largest absolute Gasteiger partial charge is 0.344 e. The maximum absolute atomic E-state index is 13.8. The minimum absolute atomic E-state index is 0.136. The fraction of sp³-hybridized carbons (Fsp3) is 0.222. The van der Waals surface area contributed by atoms with E-state index in [0.29, 0.717) is 5.56 Å². The molecular weight excluding hydrogens is 369 g/mol. The Morgan fingerprint density at radius 2 is 1.96 bits per heavy atom. The average molecular weight is 383 g/mol. The van der Waals surface area contributed by atoms with E-state index in [0.717, 1.165) is 12.1 Å². The van der Waals surface area contributed by atoms with Crippen molar-refractivity contribution < 1.29 is 22.8 Å². The number of rotatable bonds is 3. The van der Waals surface area contributed by atoms with Crippen LogP contribution in [-0.4, -0.2) is 30.3 Å². The van der Waals surface area contributed by atoms with Crippen molar-refractivity contribution in [1.29, 1.82) is 0 Å². The number of hydrogen-bond acceptors (Lipinski definition) is 2. The number of carbonyl (C=O) groups is 2. The predicted molar refractivity (Wildman–Crippen MR) is 90.3 cm³/mol. The Balaban J connectivity index is 1.93. The summed E-state index contributed by atoms with van der Waals surface area (Å²) in [5.74, 6) is -6.10. The predicted octanol–water partition coefficient (Wildman–Crippen LogP) is 3.57. The number of halogens is 4. The van der Waals surface area contributed by atoms with Gasteiger partial charge in [0, 0.05) is 24.5 Å². The second-order valence-corrected chi connectivity index (χ2v) is 6.53. The molecule has 1 aliphatic heterocycles. The molecule has 1 fully saturated rings. The lowest BCUT2D eigenvalue weighted by atomic mass is 9.87. The molecule has 2 aromatic rings. The number of likely N-dealkylation sites (N-methyl/N-ethyl adjacent to an activating group) is 1. The summed E-state index contributed by atoms with van der Waals surface area (Å²) >= 11 is 5.87. The van der Waals surface area contributed by atoms with E-state index >= 15 is 0 Å². The minimum atomic E-state index is -1.22. The van der Waals surface area contributed by atoms with Crippen molar-refractivity contribution in [1.82, 2.24) is 4.90 Å². The maximum Gasteiger partial charge on any atom is 0.237 e. The van der Waals surface area contributed by atoms with Crippen molar-refractivity contribution in [3.63, 3.8) is 0 Å². The second-order valence-electron chi connectivity index (χ2n) is 6.10. The third kappa shape index (κ3) is 3.39. The highest BCUT2D eigenvalue weighted by Gasteiger charge is 2.44. The topological polar surface area (TPSA) is 49.4 Å². The Labute approximate surface area is 152 Å². The molecule has 1 aliphatic rings. The molecule has 0 aromatic heterocycles. The standard InChI is InChI=1S/C18H14ClF3N2O2/c1-24-8-12(9-5-10(19)7-11(20)6-9)15(18(24)26)17(25)23-14-4-2-3-13(21)16(14)22/h2-7,12,15H,8H2,1H3,(H,23,25)/t12-,15+/m1/s1. The van der Waals surface area contributed by atoms with Crippen LogP contribution in [0.1, 0.15) is 11.5 Å². The van der Waals surface area contributed by atoms with Crippen molar-refractivity contribution in [2.45, 2.75) is 5.92 Å². The summed E-state index contributed by atoms with van der Waals surface area (Å²) in [5.41, 5.74) is 0.0148. The van der Waals surface area contributed by atoms with Crippen molar-refractivity contribution in [2.24, 2.45) is 5.92 Å². The third-order valence-electron chi connectivity index (χ3n) is 4.32. The van der Waals surface area contributed by atoms with E-state index in [1.165, 1.54) is 36.2 Å². The van der Waals surface area contributed by atoms with Gasteiger partial charge in [-0.25, -0.2) is 13.2 Å². The molecular formula is C18H14ClF3N2O2. The highest BCUT2D eigenvalue weighted by atomic mass is 35.5. The molecule has 0 aliphatic carbocycles. The molecule has 0 saturated carbocycles. The molecule has 26 heavy (non-hydrogen) atoms. The van der Waals surface area contributed by atoms with E-state index in [4.69, 9.17) is 11.6 Å². The number of likely N-dealkylation sites (tertiary alicyclic amines) is 1. The van der Waals surface area contributed by atoms with Crippen LogP contribution in [0.15, 0.2) is 36.4 Å². The molecule has 2 atom stereocenters. The molecule has 4 nitrogen and oxygen atoms in total. The van der Waals surface area contributed by atoms with Crippen LogP contribution >= 0.6 is 11.6 Å². The first kappa shape index (κ1) is 18.3. The van der Waals surface area contributed by atoms with Gasteiger partial charge in [0.25, 0.3) is 0 Å². The Morgan fingerprint density at radius 3 is 2.65 bits per heavy atom. The number of nitrogens with one attached hydrogen (secondary N) is 1. The van der Waals surface area contributed by atoms with Crippen molar-refractivity contribution in [3.8, 4) is 0 Å². The molecule has 0 bridgehead atoms. The molecule has 0 radical (unpaired) electrons. The highest BCUT2D eigenvalue weighted by Crippen LogP contribution is 2.35. The highest BCUT2D eigenvalue weighted by molar-refractivity contribution is 6.30. The monoisotopic (exact) mass is 382 g/mol. The van der Waals surface area contributed by atoms with Gasteiger partial charge in [0.2, 0.25) is 11.8 Å². The molecule has 3 rings (SSSR count). The van der Waals surface area contributed by atoms with Crippen LogP contribution in [0.2, 0.25) is 5.02 Å². The van der Waals surface area contributed by atoms with Crippen molar-refractivity contribution in [3.05, 3.63) is 64.4 Å². The summed E-state index contributed by atoms with van der Waals surface area (Å²) in [7, 11) is 1.51. The Bertz CT molecular complexity index is 870. The fourth-order valence-electron chi connectivity index (χ4n) is 3.09. The summed E-state index contributed by atoms with van der Waals surface area (Å²) in [6.45, 7) is 0.169. The summed E-state index contributed by atoms with van der Waals surface area (Å²) in [6.07, 6.45) is 0. The minimum Gasteiger partial charge on any atom is -0.344 e.